The third-order valence-electron chi connectivity index (χ3n) is 14.2. The Hall–Kier alpha value is -9.32. The highest BCUT2D eigenvalue weighted by atomic mass is 19.4. The number of hydrogen-bond donors (Lipinski definition) is 0. The summed E-state index contributed by atoms with van der Waals surface area (Å²) in [5.41, 5.74) is 11.4. The molecule has 0 fully saturated rings. The Bertz CT molecular complexity index is 4190. The smallest absolute Gasteiger partial charge is 0.309 e. The van der Waals surface area contributed by atoms with Crippen molar-refractivity contribution in [3.63, 3.8) is 0 Å². The summed E-state index contributed by atoms with van der Waals surface area (Å²) < 4.78 is 52.2. The maximum absolute atomic E-state index is 14.5. The second kappa shape index (κ2) is 14.8. The first-order valence-electron chi connectivity index (χ1n) is 23.1. The van der Waals surface area contributed by atoms with E-state index in [4.69, 9.17) is 0 Å². The molecular formula is C62H36F3N5. The lowest BCUT2D eigenvalue weighted by molar-refractivity contribution is -0.137. The predicted octanol–water partition coefficient (Wildman–Crippen LogP) is 16.6. The van der Waals surface area contributed by atoms with Gasteiger partial charge >= 0.3 is 6.18 Å². The molecule has 0 amide bonds. The molecule has 0 saturated heterocycles. The number of hydrogen-bond acceptors (Lipinski definition) is 1. The van der Waals surface area contributed by atoms with Gasteiger partial charge in [0.05, 0.1) is 61.1 Å². The van der Waals surface area contributed by atoms with Crippen LogP contribution in [0.15, 0.2) is 218 Å². The van der Waals surface area contributed by atoms with Crippen LogP contribution in [-0.4, -0.2) is 18.3 Å². The molecule has 14 rings (SSSR count). The second-order valence-electron chi connectivity index (χ2n) is 17.9. The fourth-order valence-corrected chi connectivity index (χ4v) is 11.2. The third-order valence-corrected chi connectivity index (χ3v) is 14.2. The number of nitriles is 1. The van der Waals surface area contributed by atoms with E-state index in [-0.39, 0.29) is 0 Å². The Balaban J connectivity index is 1.05. The minimum atomic E-state index is -4.56. The standard InChI is InChI=1S/C62H36F3N5/c63-62(64,65)40-15-13-14-38(32-40)39-33-60(69-56-26-11-5-20-47(56)49-35-41(28-30-58(49)69)67-52-22-7-1-16-43(52)44-17-2-8-23-53(44)67)51(37-66)61(34-39)70-57-27-12-6-21-48(57)50-36-42(29-31-59(50)70)68-54-24-9-3-18-45(54)46-19-4-10-25-55(46)68/h1-36H. The Labute approximate surface area is 397 Å². The van der Waals surface area contributed by atoms with E-state index >= 15 is 0 Å². The SMILES string of the molecule is N#Cc1c(-n2c3ccccc3c3cc(-n4c5ccccc5c5ccccc54)ccc32)cc(-c2cccc(C(F)(F)F)c2)cc1-n1c2ccccc2c2cc(-n3c4ccccc4c4ccccc43)ccc21. The number of nitrogens with zero attached hydrogens (tertiary/aromatic N) is 5. The van der Waals surface area contributed by atoms with Crippen molar-refractivity contribution in [2.24, 2.45) is 0 Å². The molecule has 10 aromatic carbocycles. The Morgan fingerprint density at radius 2 is 0.657 bits per heavy atom. The van der Waals surface area contributed by atoms with E-state index in [1.54, 1.807) is 6.07 Å². The van der Waals surface area contributed by atoms with Crippen LogP contribution in [0.5, 0.6) is 0 Å². The predicted molar refractivity (Wildman–Crippen MR) is 279 cm³/mol. The molecule has 0 aliphatic carbocycles. The lowest BCUT2D eigenvalue weighted by atomic mass is 9.98. The van der Waals surface area contributed by atoms with Gasteiger partial charge in [0.25, 0.3) is 0 Å². The van der Waals surface area contributed by atoms with Gasteiger partial charge in [-0.2, -0.15) is 18.4 Å². The molecule has 8 heteroatoms. The molecule has 0 atom stereocenters. The lowest BCUT2D eigenvalue weighted by Gasteiger charge is -2.19. The van der Waals surface area contributed by atoms with E-state index in [0.29, 0.717) is 28.1 Å². The molecule has 14 aromatic rings. The lowest BCUT2D eigenvalue weighted by Crippen LogP contribution is -2.06. The average Bonchev–Trinajstić information content (AvgIpc) is 4.13. The molecular weight excluding hydrogens is 872 g/mol. The average molecular weight is 908 g/mol. The van der Waals surface area contributed by atoms with Gasteiger partial charge in [-0.05, 0) is 108 Å². The number of alkyl halides is 3. The first-order chi connectivity index (χ1) is 34.3. The Morgan fingerprint density at radius 3 is 1.03 bits per heavy atom. The molecule has 70 heavy (non-hydrogen) atoms. The highest BCUT2D eigenvalue weighted by molar-refractivity contribution is 6.14. The van der Waals surface area contributed by atoms with Crippen molar-refractivity contribution in [1.82, 2.24) is 18.3 Å². The van der Waals surface area contributed by atoms with Crippen molar-refractivity contribution >= 4 is 87.2 Å². The van der Waals surface area contributed by atoms with E-state index in [2.05, 4.69) is 170 Å². The van der Waals surface area contributed by atoms with E-state index < -0.39 is 11.7 Å². The zero-order valence-electron chi connectivity index (χ0n) is 37.2. The van der Waals surface area contributed by atoms with Crippen LogP contribution in [0.1, 0.15) is 11.1 Å². The van der Waals surface area contributed by atoms with Gasteiger partial charge in [-0.15, -0.1) is 0 Å². The van der Waals surface area contributed by atoms with Crippen molar-refractivity contribution < 1.29 is 13.2 Å². The molecule has 0 aliphatic heterocycles. The number of fused-ring (bicyclic) bond motifs is 12. The fraction of sp³-hybridized carbons (Fsp3) is 0.0161. The molecule has 0 saturated carbocycles. The van der Waals surface area contributed by atoms with Crippen LogP contribution in [0.3, 0.4) is 0 Å². The zero-order chi connectivity index (χ0) is 46.8. The number of halogens is 3. The number of para-hydroxylation sites is 6. The molecule has 0 aliphatic rings. The van der Waals surface area contributed by atoms with Gasteiger partial charge in [0, 0.05) is 54.5 Å². The molecule has 0 bridgehead atoms. The number of rotatable bonds is 5. The Morgan fingerprint density at radius 1 is 0.314 bits per heavy atom. The molecule has 330 valence electrons. The van der Waals surface area contributed by atoms with Crippen molar-refractivity contribution in [1.29, 1.82) is 5.26 Å². The van der Waals surface area contributed by atoms with Gasteiger partial charge in [-0.25, -0.2) is 0 Å². The van der Waals surface area contributed by atoms with Crippen LogP contribution in [0.25, 0.3) is 121 Å². The van der Waals surface area contributed by atoms with Crippen LogP contribution in [0, 0.1) is 11.3 Å². The summed E-state index contributed by atoms with van der Waals surface area (Å²) in [5.74, 6) is 0. The molecule has 0 N–H and O–H groups in total. The van der Waals surface area contributed by atoms with Gasteiger partial charge in [-0.1, -0.05) is 121 Å². The minimum absolute atomic E-state index is 0.374. The maximum Gasteiger partial charge on any atom is 0.416 e. The highest BCUT2D eigenvalue weighted by Gasteiger charge is 2.31. The highest BCUT2D eigenvalue weighted by Crippen LogP contribution is 2.43. The van der Waals surface area contributed by atoms with Crippen LogP contribution in [0.4, 0.5) is 13.2 Å². The molecule has 4 heterocycles. The normalized spacial score (nSPS) is 12.2. The minimum Gasteiger partial charge on any atom is -0.309 e. The van der Waals surface area contributed by atoms with Crippen LogP contribution in [-0.2, 0) is 6.18 Å². The summed E-state index contributed by atoms with van der Waals surface area (Å²) >= 11 is 0. The van der Waals surface area contributed by atoms with Gasteiger partial charge < -0.3 is 18.3 Å². The summed E-state index contributed by atoms with van der Waals surface area (Å²) in [7, 11) is 0. The molecule has 4 aromatic heterocycles. The Kier molecular flexibility index (Phi) is 8.44. The number of benzene rings is 10. The molecule has 0 spiro atoms. The van der Waals surface area contributed by atoms with E-state index in [1.165, 1.54) is 12.1 Å². The van der Waals surface area contributed by atoms with E-state index in [1.807, 2.05) is 48.5 Å². The first-order valence-corrected chi connectivity index (χ1v) is 23.1. The van der Waals surface area contributed by atoms with Crippen molar-refractivity contribution in [3.8, 4) is 39.9 Å². The summed E-state index contributed by atoms with van der Waals surface area (Å²) in [4.78, 5) is 0. The fourth-order valence-electron chi connectivity index (χ4n) is 11.2. The van der Waals surface area contributed by atoms with Gasteiger partial charge in [-0.3, -0.25) is 0 Å². The van der Waals surface area contributed by atoms with Crippen molar-refractivity contribution in [3.05, 3.63) is 230 Å². The summed E-state index contributed by atoms with van der Waals surface area (Å²) in [5, 5.41) is 20.1. The quantitative estimate of drug-likeness (QED) is 0.170. The first kappa shape index (κ1) is 39.8. The summed E-state index contributed by atoms with van der Waals surface area (Å²) in [6.07, 6.45) is -4.56. The van der Waals surface area contributed by atoms with Crippen LogP contribution < -0.4 is 0 Å². The topological polar surface area (TPSA) is 43.5 Å². The van der Waals surface area contributed by atoms with E-state index in [0.717, 1.165) is 105 Å². The monoisotopic (exact) mass is 907 g/mol. The summed E-state index contributed by atoms with van der Waals surface area (Å²) in [6.45, 7) is 0. The third kappa shape index (κ3) is 5.72. The zero-order valence-corrected chi connectivity index (χ0v) is 37.2. The van der Waals surface area contributed by atoms with Gasteiger partial charge in [0.1, 0.15) is 11.6 Å². The van der Waals surface area contributed by atoms with Gasteiger partial charge in [0.15, 0.2) is 0 Å². The van der Waals surface area contributed by atoms with Gasteiger partial charge in [0.2, 0.25) is 0 Å². The van der Waals surface area contributed by atoms with E-state index in [9.17, 15) is 18.4 Å². The number of aromatic nitrogens is 4. The second-order valence-corrected chi connectivity index (χ2v) is 17.9. The molecule has 0 unspecified atom stereocenters. The molecule has 5 nitrogen and oxygen atoms in total. The van der Waals surface area contributed by atoms with Crippen molar-refractivity contribution in [2.75, 3.05) is 0 Å². The van der Waals surface area contributed by atoms with Crippen LogP contribution >= 0.6 is 0 Å². The largest absolute Gasteiger partial charge is 0.416 e. The van der Waals surface area contributed by atoms with Crippen molar-refractivity contribution in [2.45, 2.75) is 6.18 Å². The van der Waals surface area contributed by atoms with Crippen LogP contribution in [0.2, 0.25) is 0 Å². The summed E-state index contributed by atoms with van der Waals surface area (Å²) in [6, 6.07) is 74.6. The molecule has 0 radical (unpaired) electrons. The maximum atomic E-state index is 14.5.